The maximum absolute atomic E-state index is 12.6. The average molecular weight is 480 g/mol. The fraction of sp³-hybridized carbons (Fsp3) is 0.292. The lowest BCUT2D eigenvalue weighted by Crippen LogP contribution is -2.29. The minimum Gasteiger partial charge on any atom is -0.325 e. The van der Waals surface area contributed by atoms with Crippen molar-refractivity contribution in [3.05, 3.63) is 67.0 Å². The van der Waals surface area contributed by atoms with Gasteiger partial charge in [0, 0.05) is 31.2 Å². The van der Waals surface area contributed by atoms with Crippen LogP contribution < -0.4 is 15.4 Å². The van der Waals surface area contributed by atoms with E-state index in [1.807, 2.05) is 43.6 Å². The van der Waals surface area contributed by atoms with Crippen molar-refractivity contribution in [2.45, 2.75) is 17.7 Å². The fourth-order valence-corrected chi connectivity index (χ4v) is 4.46. The van der Waals surface area contributed by atoms with Crippen molar-refractivity contribution in [1.82, 2.24) is 19.9 Å². The predicted molar refractivity (Wildman–Crippen MR) is 135 cm³/mol. The molecule has 0 radical (unpaired) electrons. The highest BCUT2D eigenvalue weighted by atomic mass is 32.2. The van der Waals surface area contributed by atoms with Gasteiger partial charge in [0.15, 0.2) is 6.19 Å². The Labute approximate surface area is 200 Å². The fourth-order valence-electron chi connectivity index (χ4n) is 3.35. The highest BCUT2D eigenvalue weighted by molar-refractivity contribution is 7.89. The highest BCUT2D eigenvalue weighted by Crippen LogP contribution is 2.18. The Hall–Kier alpha value is -3.52. The van der Waals surface area contributed by atoms with E-state index in [-0.39, 0.29) is 4.90 Å². The second-order valence-electron chi connectivity index (χ2n) is 7.75. The molecule has 0 bridgehead atoms. The van der Waals surface area contributed by atoms with Crippen LogP contribution >= 0.6 is 0 Å². The number of fused-ring (bicyclic) bond motifs is 1. The van der Waals surface area contributed by atoms with E-state index in [9.17, 15) is 8.42 Å². The van der Waals surface area contributed by atoms with E-state index in [0.717, 1.165) is 36.0 Å². The summed E-state index contributed by atoms with van der Waals surface area (Å²) in [6, 6.07) is 16.4. The van der Waals surface area contributed by atoms with Crippen molar-refractivity contribution >= 4 is 32.4 Å². The van der Waals surface area contributed by atoms with Crippen LogP contribution in [0.4, 0.5) is 5.69 Å². The summed E-state index contributed by atoms with van der Waals surface area (Å²) >= 11 is 0. The molecule has 3 N–H and O–H groups in total. The quantitative estimate of drug-likeness (QED) is 0.127. The van der Waals surface area contributed by atoms with Crippen molar-refractivity contribution in [3.8, 4) is 6.19 Å². The lowest BCUT2D eigenvalue weighted by atomic mass is 10.1. The third kappa shape index (κ3) is 7.81. The van der Waals surface area contributed by atoms with Gasteiger partial charge in [-0.15, -0.1) is 0 Å². The predicted octanol–water partition coefficient (Wildman–Crippen LogP) is 2.76. The van der Waals surface area contributed by atoms with Gasteiger partial charge in [0.25, 0.3) is 0 Å². The summed E-state index contributed by atoms with van der Waals surface area (Å²) in [7, 11) is -1.55. The van der Waals surface area contributed by atoms with Gasteiger partial charge >= 0.3 is 0 Å². The van der Waals surface area contributed by atoms with Crippen molar-refractivity contribution in [2.75, 3.05) is 38.5 Å². The van der Waals surface area contributed by atoms with Crippen LogP contribution in [-0.4, -0.2) is 57.5 Å². The molecule has 0 atom stereocenters. The Morgan fingerprint density at radius 3 is 2.56 bits per heavy atom. The van der Waals surface area contributed by atoms with Gasteiger partial charge in [0.05, 0.1) is 4.90 Å². The summed E-state index contributed by atoms with van der Waals surface area (Å²) < 4.78 is 27.9. The van der Waals surface area contributed by atoms with Crippen LogP contribution in [0.2, 0.25) is 0 Å². The van der Waals surface area contributed by atoms with Gasteiger partial charge in [0.1, 0.15) is 0 Å². The summed E-state index contributed by atoms with van der Waals surface area (Å²) in [6.07, 6.45) is 6.68. The number of hydrogen-bond donors (Lipinski definition) is 3. The van der Waals surface area contributed by atoms with Crippen LogP contribution in [0.25, 0.3) is 10.8 Å². The van der Waals surface area contributed by atoms with E-state index < -0.39 is 10.0 Å². The molecule has 9 nitrogen and oxygen atoms in total. The molecule has 0 aliphatic rings. The zero-order valence-electron chi connectivity index (χ0n) is 19.1. The van der Waals surface area contributed by atoms with Gasteiger partial charge in [-0.2, -0.15) is 5.26 Å². The normalized spacial score (nSPS) is 12.0. The molecule has 0 aliphatic carbocycles. The zero-order chi connectivity index (χ0) is 24.2. The summed E-state index contributed by atoms with van der Waals surface area (Å²) in [6.45, 7) is 2.46. The molecule has 1 heterocycles. The first-order valence-electron chi connectivity index (χ1n) is 11.0. The van der Waals surface area contributed by atoms with Gasteiger partial charge in [-0.25, -0.2) is 13.1 Å². The van der Waals surface area contributed by atoms with Crippen molar-refractivity contribution in [1.29, 1.82) is 5.26 Å². The van der Waals surface area contributed by atoms with E-state index >= 15 is 0 Å². The molecule has 0 saturated heterocycles. The SMILES string of the molecule is CN(CCCN=C(NC#N)Nc1ccncc1)CCCNS(=O)(=O)c1ccc2ccccc2c1. The number of aliphatic imine (C=N–C) groups is 1. The Balaban J connectivity index is 1.37. The number of benzene rings is 2. The van der Waals surface area contributed by atoms with E-state index in [1.165, 1.54) is 0 Å². The standard InChI is InChI=1S/C24H29N7O2S/c1-31(16-4-12-27-24(28-19-25)30-22-10-14-26-15-11-22)17-5-13-29-34(32,33)23-9-8-20-6-2-3-7-21(20)18-23/h2-3,6-11,14-15,18,29H,4-5,12-13,16-17H2,1H3,(H2,26,27,28,30). The first-order valence-corrected chi connectivity index (χ1v) is 12.5. The molecule has 3 aromatic rings. The van der Waals surface area contributed by atoms with Gasteiger partial charge in [0.2, 0.25) is 16.0 Å². The molecule has 0 unspecified atom stereocenters. The number of nitrogens with zero attached hydrogens (tertiary/aromatic N) is 4. The number of hydrogen-bond acceptors (Lipinski definition) is 6. The van der Waals surface area contributed by atoms with Gasteiger partial charge in [-0.05, 0) is 68.0 Å². The number of sulfonamides is 1. The Morgan fingerprint density at radius 1 is 1.06 bits per heavy atom. The monoisotopic (exact) mass is 479 g/mol. The van der Waals surface area contributed by atoms with Crippen LogP contribution in [0.3, 0.4) is 0 Å². The molecule has 0 saturated carbocycles. The molecule has 0 fully saturated rings. The largest absolute Gasteiger partial charge is 0.325 e. The Morgan fingerprint density at radius 2 is 1.79 bits per heavy atom. The van der Waals surface area contributed by atoms with Crippen molar-refractivity contribution < 1.29 is 8.42 Å². The van der Waals surface area contributed by atoms with E-state index in [4.69, 9.17) is 5.26 Å². The minimum absolute atomic E-state index is 0.277. The van der Waals surface area contributed by atoms with Crippen LogP contribution in [0.15, 0.2) is 76.9 Å². The van der Waals surface area contributed by atoms with Crippen LogP contribution in [0.1, 0.15) is 12.8 Å². The van der Waals surface area contributed by atoms with Crippen LogP contribution in [0, 0.1) is 11.5 Å². The van der Waals surface area contributed by atoms with Crippen LogP contribution in [0.5, 0.6) is 0 Å². The van der Waals surface area contributed by atoms with E-state index in [0.29, 0.717) is 25.5 Å². The maximum Gasteiger partial charge on any atom is 0.240 e. The number of rotatable bonds is 11. The summed E-state index contributed by atoms with van der Waals surface area (Å²) in [5, 5.41) is 16.4. The number of nitrogens with one attached hydrogen (secondary N) is 3. The minimum atomic E-state index is -3.54. The topological polar surface area (TPSA) is 123 Å². The number of guanidine groups is 1. The van der Waals surface area contributed by atoms with E-state index in [1.54, 1.807) is 36.7 Å². The van der Waals surface area contributed by atoms with E-state index in [2.05, 4.69) is 30.2 Å². The molecule has 0 spiro atoms. The smallest absolute Gasteiger partial charge is 0.240 e. The molecule has 1 aromatic heterocycles. The summed E-state index contributed by atoms with van der Waals surface area (Å²) in [5.74, 6) is 0.388. The number of pyridine rings is 1. The molecule has 10 heteroatoms. The number of aromatic nitrogens is 1. The second kappa shape index (κ2) is 12.6. The molecule has 34 heavy (non-hydrogen) atoms. The van der Waals surface area contributed by atoms with Crippen molar-refractivity contribution in [3.63, 3.8) is 0 Å². The number of anilines is 1. The highest BCUT2D eigenvalue weighted by Gasteiger charge is 2.13. The third-order valence-electron chi connectivity index (χ3n) is 5.13. The summed E-state index contributed by atoms with van der Waals surface area (Å²) in [5.41, 5.74) is 0.791. The molecular weight excluding hydrogens is 450 g/mol. The van der Waals surface area contributed by atoms with Crippen LogP contribution in [-0.2, 0) is 10.0 Å². The second-order valence-corrected chi connectivity index (χ2v) is 9.51. The molecule has 0 amide bonds. The molecule has 178 valence electrons. The first-order chi connectivity index (χ1) is 16.5. The van der Waals surface area contributed by atoms with Crippen molar-refractivity contribution in [2.24, 2.45) is 4.99 Å². The van der Waals surface area contributed by atoms with Gasteiger partial charge < -0.3 is 10.2 Å². The zero-order valence-corrected chi connectivity index (χ0v) is 19.9. The molecular formula is C24H29N7O2S. The Kier molecular flexibility index (Phi) is 9.34. The first kappa shape index (κ1) is 25.1. The molecule has 0 aliphatic heterocycles. The lowest BCUT2D eigenvalue weighted by Gasteiger charge is -2.16. The third-order valence-corrected chi connectivity index (χ3v) is 6.58. The van der Waals surface area contributed by atoms with Gasteiger partial charge in [-0.1, -0.05) is 30.3 Å². The molecule has 2 aromatic carbocycles. The van der Waals surface area contributed by atoms with Gasteiger partial charge in [-0.3, -0.25) is 15.3 Å². The Bertz CT molecular complexity index is 1240. The maximum atomic E-state index is 12.6. The lowest BCUT2D eigenvalue weighted by molar-refractivity contribution is 0.327. The number of nitriles is 1. The summed E-state index contributed by atoms with van der Waals surface area (Å²) in [4.78, 5) is 10.8. The molecule has 3 rings (SSSR count). The average Bonchev–Trinajstić information content (AvgIpc) is 2.85.